The first-order valence-electron chi connectivity index (χ1n) is 24.1. The quantitative estimate of drug-likeness (QED) is 0.155. The van der Waals surface area contributed by atoms with Crippen LogP contribution in [0.3, 0.4) is 0 Å². The Balaban J connectivity index is 0.822. The molecule has 0 radical (unpaired) electrons. The zero-order chi connectivity index (χ0) is 50.7. The Labute approximate surface area is 439 Å². The molecular weight excluding hydrogens is 913 g/mol. The van der Waals surface area contributed by atoms with E-state index in [4.69, 9.17) is 14.2 Å². The molecule has 0 amide bonds. The fourth-order valence-electron chi connectivity index (χ4n) is 7.29. The van der Waals surface area contributed by atoms with Crippen LogP contribution < -0.4 is 14.2 Å². The Kier molecular flexibility index (Phi) is 15.4. The summed E-state index contributed by atoms with van der Waals surface area (Å²) in [5, 5.41) is 0. The van der Waals surface area contributed by atoms with E-state index >= 15 is 0 Å². The Morgan fingerprint density at radius 1 is 0.147 bits per heavy atom. The van der Waals surface area contributed by atoms with Crippen molar-refractivity contribution >= 4 is 0 Å². The van der Waals surface area contributed by atoms with Gasteiger partial charge < -0.3 is 14.2 Å². The molecule has 348 valence electrons. The molecule has 10 aromatic carbocycles. The van der Waals surface area contributed by atoms with Gasteiger partial charge in [0.25, 0.3) is 0 Å². The van der Waals surface area contributed by atoms with Crippen molar-refractivity contribution in [2.75, 3.05) is 0 Å². The van der Waals surface area contributed by atoms with Gasteiger partial charge in [-0.25, -0.2) is 0 Å². The molecule has 0 bridgehead atoms. The van der Waals surface area contributed by atoms with Crippen LogP contribution in [0.5, 0.6) is 34.5 Å². The fraction of sp³-hybridized carbons (Fsp3) is 0. The van der Waals surface area contributed by atoms with Crippen LogP contribution in [0.1, 0.15) is 66.8 Å². The average Bonchev–Trinajstić information content (AvgIpc) is 3.46. The minimum absolute atomic E-state index is 0.524. The third-order valence-electron chi connectivity index (χ3n) is 11.2. The third-order valence-corrected chi connectivity index (χ3v) is 11.2. The summed E-state index contributed by atoms with van der Waals surface area (Å²) in [6.45, 7) is 0. The maximum atomic E-state index is 6.42. The van der Waals surface area contributed by atoms with Gasteiger partial charge in [-0.3, -0.25) is 0 Å². The van der Waals surface area contributed by atoms with Crippen molar-refractivity contribution in [3.8, 4) is 106 Å². The molecule has 0 aromatic heterocycles. The summed E-state index contributed by atoms with van der Waals surface area (Å²) in [6.07, 6.45) is 0. The molecule has 0 heterocycles. The zero-order valence-corrected chi connectivity index (χ0v) is 40.5. The summed E-state index contributed by atoms with van der Waals surface area (Å²) in [6, 6.07) is 82.1. The Morgan fingerprint density at radius 3 is 0.467 bits per heavy atom. The Hall–Kier alpha value is -11.0. The number of rotatable bonds is 6. The van der Waals surface area contributed by atoms with E-state index < -0.39 is 0 Å². The molecule has 3 heteroatoms. The highest BCUT2D eigenvalue weighted by Crippen LogP contribution is 2.36. The van der Waals surface area contributed by atoms with Crippen molar-refractivity contribution in [3.63, 3.8) is 0 Å². The Morgan fingerprint density at radius 2 is 0.293 bits per heavy atom. The standard InChI is InChI=1S/C72H42O3/c1-4-10-55(11-5-1)16-19-58-22-28-61(29-23-58)34-37-64-40-46-67(47-41-64)73-70-52-71(74-68-48-42-65(43-49-68)38-35-62-30-24-59(25-31-62)20-17-56-12-6-2-7-13-56)54-72(53-70)75-69-50-44-66(45-51-69)39-36-63-32-26-60(27-33-63)21-18-57-14-8-3-9-15-57/h1-15,22-33,40-54H. The van der Waals surface area contributed by atoms with Crippen LogP contribution >= 0.6 is 0 Å². The predicted molar refractivity (Wildman–Crippen MR) is 301 cm³/mol. The fourth-order valence-corrected chi connectivity index (χ4v) is 7.29. The monoisotopic (exact) mass is 954 g/mol. The highest BCUT2D eigenvalue weighted by Gasteiger charge is 2.09. The average molecular weight is 955 g/mol. The molecule has 0 aliphatic rings. The van der Waals surface area contributed by atoms with E-state index in [1.165, 1.54) is 0 Å². The number of hydrogen-bond acceptors (Lipinski definition) is 3. The van der Waals surface area contributed by atoms with E-state index in [-0.39, 0.29) is 0 Å². The first-order chi connectivity index (χ1) is 37.0. The van der Waals surface area contributed by atoms with E-state index in [9.17, 15) is 0 Å². The first kappa shape index (κ1) is 47.6. The van der Waals surface area contributed by atoms with E-state index in [1.807, 2.05) is 255 Å². The largest absolute Gasteiger partial charge is 0.457 e. The second kappa shape index (κ2) is 24.2. The van der Waals surface area contributed by atoms with Crippen molar-refractivity contribution in [2.24, 2.45) is 0 Å². The lowest BCUT2D eigenvalue weighted by atomic mass is 10.1. The molecule has 10 rings (SSSR count). The third kappa shape index (κ3) is 14.5. The van der Waals surface area contributed by atoms with E-state index in [0.717, 1.165) is 66.8 Å². The molecule has 0 saturated carbocycles. The molecule has 75 heavy (non-hydrogen) atoms. The van der Waals surface area contributed by atoms with E-state index in [2.05, 4.69) is 71.0 Å². The lowest BCUT2D eigenvalue weighted by molar-refractivity contribution is 0.440. The second-order valence-electron chi connectivity index (χ2n) is 16.8. The molecule has 0 N–H and O–H groups in total. The van der Waals surface area contributed by atoms with Crippen molar-refractivity contribution in [1.29, 1.82) is 0 Å². The van der Waals surface area contributed by atoms with Gasteiger partial charge in [-0.05, 0) is 182 Å². The Bertz CT molecular complexity index is 3520. The minimum atomic E-state index is 0.524. The minimum Gasteiger partial charge on any atom is -0.457 e. The van der Waals surface area contributed by atoms with Gasteiger partial charge >= 0.3 is 0 Å². The van der Waals surface area contributed by atoms with Gasteiger partial charge in [0.1, 0.15) is 34.5 Å². The summed E-state index contributed by atoms with van der Waals surface area (Å²) in [5.74, 6) is 42.2. The lowest BCUT2D eigenvalue weighted by Crippen LogP contribution is -1.91. The number of ether oxygens (including phenoxy) is 3. The molecule has 0 aliphatic heterocycles. The van der Waals surface area contributed by atoms with Gasteiger partial charge in [0.15, 0.2) is 0 Å². The summed E-state index contributed by atoms with van der Waals surface area (Å²) in [4.78, 5) is 0. The van der Waals surface area contributed by atoms with Gasteiger partial charge in [0, 0.05) is 85.0 Å². The SMILES string of the molecule is C(#Cc1ccc(C#Cc2ccc(Oc3cc(Oc4ccc(C#Cc5ccc(C#Cc6ccccc6)cc5)cc4)cc(Oc4ccc(C#Cc5ccc(C#Cc6ccccc6)cc5)cc4)c3)cc2)cc1)c1ccccc1. The van der Waals surface area contributed by atoms with Crippen LogP contribution in [0.25, 0.3) is 0 Å². The molecular formula is C72H42O3. The highest BCUT2D eigenvalue weighted by molar-refractivity contribution is 5.54. The molecule has 0 saturated heterocycles. The molecule has 0 unspecified atom stereocenters. The van der Waals surface area contributed by atoms with Crippen molar-refractivity contribution in [1.82, 2.24) is 0 Å². The van der Waals surface area contributed by atoms with Crippen molar-refractivity contribution in [3.05, 3.63) is 322 Å². The topological polar surface area (TPSA) is 27.7 Å². The van der Waals surface area contributed by atoms with Crippen LogP contribution in [0.15, 0.2) is 255 Å². The van der Waals surface area contributed by atoms with Crippen molar-refractivity contribution in [2.45, 2.75) is 0 Å². The highest BCUT2D eigenvalue weighted by atomic mass is 16.5. The van der Waals surface area contributed by atoms with Crippen molar-refractivity contribution < 1.29 is 14.2 Å². The second-order valence-corrected chi connectivity index (χ2v) is 16.8. The maximum Gasteiger partial charge on any atom is 0.134 e. The first-order valence-corrected chi connectivity index (χ1v) is 24.1. The van der Waals surface area contributed by atoms with Crippen LogP contribution in [-0.2, 0) is 0 Å². The van der Waals surface area contributed by atoms with Gasteiger partial charge in [0.05, 0.1) is 0 Å². The van der Waals surface area contributed by atoms with E-state index in [0.29, 0.717) is 34.5 Å². The molecule has 0 fully saturated rings. The molecule has 0 atom stereocenters. The summed E-state index contributed by atoms with van der Waals surface area (Å²) in [7, 11) is 0. The number of hydrogen-bond donors (Lipinski definition) is 0. The lowest BCUT2D eigenvalue weighted by Gasteiger charge is -2.13. The van der Waals surface area contributed by atoms with Crippen LogP contribution in [0.4, 0.5) is 0 Å². The smallest absolute Gasteiger partial charge is 0.134 e. The summed E-state index contributed by atoms with van der Waals surface area (Å²) in [5.41, 5.74) is 11.0. The normalized spacial score (nSPS) is 9.76. The molecule has 0 spiro atoms. The van der Waals surface area contributed by atoms with Crippen LogP contribution in [-0.4, -0.2) is 0 Å². The predicted octanol–water partition coefficient (Wildman–Crippen LogP) is 15.5. The molecule has 0 aliphatic carbocycles. The summed E-state index contributed by atoms with van der Waals surface area (Å²) < 4.78 is 19.3. The van der Waals surface area contributed by atoms with Crippen LogP contribution in [0.2, 0.25) is 0 Å². The molecule has 10 aromatic rings. The maximum absolute atomic E-state index is 6.42. The number of benzene rings is 10. The zero-order valence-electron chi connectivity index (χ0n) is 40.5. The van der Waals surface area contributed by atoms with Gasteiger partial charge in [-0.2, -0.15) is 0 Å². The summed E-state index contributed by atoms with van der Waals surface area (Å²) >= 11 is 0. The van der Waals surface area contributed by atoms with Gasteiger partial charge in [0.2, 0.25) is 0 Å². The van der Waals surface area contributed by atoms with Gasteiger partial charge in [-0.1, -0.05) is 126 Å². The molecule has 3 nitrogen and oxygen atoms in total. The van der Waals surface area contributed by atoms with E-state index in [1.54, 1.807) is 0 Å². The van der Waals surface area contributed by atoms with Crippen LogP contribution in [0, 0.1) is 71.0 Å². The van der Waals surface area contributed by atoms with Gasteiger partial charge in [-0.15, -0.1) is 0 Å².